The summed E-state index contributed by atoms with van der Waals surface area (Å²) in [6.07, 6.45) is 4.46. The van der Waals surface area contributed by atoms with Crippen molar-refractivity contribution in [2.24, 2.45) is 5.92 Å². The Balaban J connectivity index is 1.37. The second-order valence-corrected chi connectivity index (χ2v) is 6.72. The number of nitrogens with zero attached hydrogens (tertiary/aromatic N) is 3. The molecule has 0 N–H and O–H groups in total. The monoisotopic (exact) mass is 313 g/mol. The molecule has 122 valence electrons. The molecule has 1 atom stereocenters. The molecule has 1 aromatic heterocycles. The van der Waals surface area contributed by atoms with Crippen LogP contribution in [0.5, 0.6) is 5.75 Å². The van der Waals surface area contributed by atoms with Crippen LogP contribution in [0.15, 0.2) is 22.7 Å². The molecule has 0 radical (unpaired) electrons. The van der Waals surface area contributed by atoms with Gasteiger partial charge in [0.25, 0.3) is 0 Å². The van der Waals surface area contributed by atoms with Gasteiger partial charge in [-0.2, -0.15) is 4.98 Å². The molecule has 5 nitrogen and oxygen atoms in total. The molecule has 1 aromatic carbocycles. The number of aromatic nitrogens is 2. The average Bonchev–Trinajstić information content (AvgIpc) is 3.16. The molecule has 2 aliphatic rings. The average molecular weight is 313 g/mol. The number of likely N-dealkylation sites (tertiary alicyclic amines) is 1. The molecule has 1 saturated heterocycles. The fraction of sp³-hybridized carbons (Fsp3) is 0.556. The minimum absolute atomic E-state index is 0.624. The van der Waals surface area contributed by atoms with Crippen molar-refractivity contribution in [1.82, 2.24) is 15.0 Å². The zero-order valence-electron chi connectivity index (χ0n) is 13.6. The van der Waals surface area contributed by atoms with Gasteiger partial charge in [0.05, 0.1) is 6.61 Å². The van der Waals surface area contributed by atoms with Crippen LogP contribution < -0.4 is 4.74 Å². The van der Waals surface area contributed by atoms with Gasteiger partial charge < -0.3 is 9.26 Å². The summed E-state index contributed by atoms with van der Waals surface area (Å²) in [5.41, 5.74) is 2.75. The first-order valence-corrected chi connectivity index (χ1v) is 8.52. The largest absolute Gasteiger partial charge is 0.493 e. The number of piperidine rings is 1. The summed E-state index contributed by atoms with van der Waals surface area (Å²) in [5, 5.41) is 4.04. The van der Waals surface area contributed by atoms with Crippen molar-refractivity contribution in [3.63, 3.8) is 0 Å². The molecule has 0 amide bonds. The number of hydrogen-bond donors (Lipinski definition) is 0. The van der Waals surface area contributed by atoms with E-state index in [1.807, 2.05) is 6.92 Å². The van der Waals surface area contributed by atoms with E-state index in [1.54, 1.807) is 0 Å². The number of rotatable bonds is 4. The van der Waals surface area contributed by atoms with Crippen LogP contribution in [0.25, 0.3) is 0 Å². The molecule has 0 bridgehead atoms. The Morgan fingerprint density at radius 3 is 3.17 bits per heavy atom. The van der Waals surface area contributed by atoms with Crippen LogP contribution >= 0.6 is 0 Å². The van der Waals surface area contributed by atoms with E-state index in [1.165, 1.54) is 30.5 Å². The van der Waals surface area contributed by atoms with Gasteiger partial charge in [-0.15, -0.1) is 0 Å². The van der Waals surface area contributed by atoms with Gasteiger partial charge in [0.2, 0.25) is 5.89 Å². The molecule has 1 fully saturated rings. The summed E-state index contributed by atoms with van der Waals surface area (Å²) < 4.78 is 10.7. The highest BCUT2D eigenvalue weighted by Gasteiger charge is 2.22. The van der Waals surface area contributed by atoms with Gasteiger partial charge in [-0.25, -0.2) is 0 Å². The topological polar surface area (TPSA) is 51.4 Å². The van der Waals surface area contributed by atoms with Gasteiger partial charge in [-0.05, 0) is 42.5 Å². The third kappa shape index (κ3) is 3.39. The van der Waals surface area contributed by atoms with Crippen molar-refractivity contribution in [2.45, 2.75) is 39.2 Å². The summed E-state index contributed by atoms with van der Waals surface area (Å²) in [5.74, 6) is 3.20. The van der Waals surface area contributed by atoms with Gasteiger partial charge in [-0.3, -0.25) is 4.90 Å². The second-order valence-electron chi connectivity index (χ2n) is 6.72. The van der Waals surface area contributed by atoms with Gasteiger partial charge in [-0.1, -0.05) is 17.3 Å². The molecule has 4 rings (SSSR count). The van der Waals surface area contributed by atoms with E-state index < -0.39 is 0 Å². The van der Waals surface area contributed by atoms with Crippen LogP contribution in [0.1, 0.15) is 35.7 Å². The molecule has 2 aromatic rings. The molecule has 2 aliphatic heterocycles. The van der Waals surface area contributed by atoms with E-state index >= 15 is 0 Å². The first-order valence-electron chi connectivity index (χ1n) is 8.52. The highest BCUT2D eigenvalue weighted by molar-refractivity contribution is 5.39. The lowest BCUT2D eigenvalue weighted by atomic mass is 9.94. The van der Waals surface area contributed by atoms with E-state index in [9.17, 15) is 0 Å². The van der Waals surface area contributed by atoms with Crippen molar-refractivity contribution in [3.05, 3.63) is 41.0 Å². The number of ether oxygens (including phenoxy) is 1. The third-order valence-corrected chi connectivity index (χ3v) is 4.80. The van der Waals surface area contributed by atoms with E-state index in [0.717, 1.165) is 44.1 Å². The molecular formula is C18H23N3O2. The minimum atomic E-state index is 0.624. The SMILES string of the molecule is Cc1nc(C[C@H]2CCCN(Cc3ccc4c(c3)CCO4)C2)no1. The lowest BCUT2D eigenvalue weighted by Gasteiger charge is -2.32. The van der Waals surface area contributed by atoms with Gasteiger partial charge >= 0.3 is 0 Å². The zero-order chi connectivity index (χ0) is 15.6. The molecule has 0 aliphatic carbocycles. The molecule has 0 saturated carbocycles. The normalized spacial score (nSPS) is 21.2. The molecule has 0 spiro atoms. The molecule has 0 unspecified atom stereocenters. The van der Waals surface area contributed by atoms with E-state index in [4.69, 9.17) is 9.26 Å². The third-order valence-electron chi connectivity index (χ3n) is 4.80. The summed E-state index contributed by atoms with van der Waals surface area (Å²) >= 11 is 0. The molecule has 3 heterocycles. The van der Waals surface area contributed by atoms with Crippen LogP contribution in [0.4, 0.5) is 0 Å². The predicted molar refractivity (Wildman–Crippen MR) is 86.4 cm³/mol. The first-order chi connectivity index (χ1) is 11.3. The predicted octanol–water partition coefficient (Wildman–Crippen LogP) is 2.77. The number of fused-ring (bicyclic) bond motifs is 1. The fourth-order valence-electron chi connectivity index (χ4n) is 3.74. The number of aryl methyl sites for hydroxylation is 1. The van der Waals surface area contributed by atoms with E-state index in [0.29, 0.717) is 11.8 Å². The summed E-state index contributed by atoms with van der Waals surface area (Å²) in [4.78, 5) is 6.90. The summed E-state index contributed by atoms with van der Waals surface area (Å²) in [6, 6.07) is 6.64. The van der Waals surface area contributed by atoms with Gasteiger partial charge in [0.15, 0.2) is 5.82 Å². The first kappa shape index (κ1) is 14.7. The van der Waals surface area contributed by atoms with Crippen molar-refractivity contribution < 1.29 is 9.26 Å². The van der Waals surface area contributed by atoms with Crippen molar-refractivity contribution >= 4 is 0 Å². The minimum Gasteiger partial charge on any atom is -0.493 e. The maximum Gasteiger partial charge on any atom is 0.223 e. The van der Waals surface area contributed by atoms with Crippen molar-refractivity contribution in [3.8, 4) is 5.75 Å². The van der Waals surface area contributed by atoms with E-state index in [2.05, 4.69) is 33.2 Å². The number of benzene rings is 1. The Morgan fingerprint density at radius 2 is 2.30 bits per heavy atom. The van der Waals surface area contributed by atoms with Crippen LogP contribution in [0, 0.1) is 12.8 Å². The second kappa shape index (κ2) is 6.32. The van der Waals surface area contributed by atoms with Crippen LogP contribution in [-0.4, -0.2) is 34.7 Å². The summed E-state index contributed by atoms with van der Waals surface area (Å²) in [6.45, 7) is 5.99. The van der Waals surface area contributed by atoms with Crippen LogP contribution in [0.3, 0.4) is 0 Å². The lowest BCUT2D eigenvalue weighted by molar-refractivity contribution is 0.165. The van der Waals surface area contributed by atoms with Crippen LogP contribution in [0.2, 0.25) is 0 Å². The highest BCUT2D eigenvalue weighted by atomic mass is 16.5. The number of hydrogen-bond acceptors (Lipinski definition) is 5. The van der Waals surface area contributed by atoms with Gasteiger partial charge in [0, 0.05) is 32.9 Å². The van der Waals surface area contributed by atoms with Crippen molar-refractivity contribution in [1.29, 1.82) is 0 Å². The molecule has 5 heteroatoms. The van der Waals surface area contributed by atoms with Crippen molar-refractivity contribution in [2.75, 3.05) is 19.7 Å². The maximum atomic E-state index is 5.59. The molecule has 23 heavy (non-hydrogen) atoms. The Bertz CT molecular complexity index is 683. The lowest BCUT2D eigenvalue weighted by Crippen LogP contribution is -2.35. The van der Waals surface area contributed by atoms with Crippen LogP contribution in [-0.2, 0) is 19.4 Å². The summed E-state index contributed by atoms with van der Waals surface area (Å²) in [7, 11) is 0. The van der Waals surface area contributed by atoms with Gasteiger partial charge in [0.1, 0.15) is 5.75 Å². The Morgan fingerprint density at radius 1 is 1.35 bits per heavy atom. The fourth-order valence-corrected chi connectivity index (χ4v) is 3.74. The Labute approximate surface area is 136 Å². The quantitative estimate of drug-likeness (QED) is 0.869. The standard InChI is InChI=1S/C18H23N3O2/c1-13-19-18(20-23-13)10-14-3-2-7-21(11-14)12-15-4-5-17-16(9-15)6-8-22-17/h4-5,9,14H,2-3,6-8,10-12H2,1H3/t14-/m1/s1. The zero-order valence-corrected chi connectivity index (χ0v) is 13.6. The molecular weight excluding hydrogens is 290 g/mol. The smallest absolute Gasteiger partial charge is 0.223 e. The van der Waals surface area contributed by atoms with E-state index in [-0.39, 0.29) is 0 Å². The highest BCUT2D eigenvalue weighted by Crippen LogP contribution is 2.27. The Kier molecular flexibility index (Phi) is 4.04. The maximum absolute atomic E-state index is 5.59. The Hall–Kier alpha value is -1.88.